The van der Waals surface area contributed by atoms with E-state index in [2.05, 4.69) is 15.8 Å². The molecule has 0 fully saturated rings. The summed E-state index contributed by atoms with van der Waals surface area (Å²) in [7, 11) is 0. The predicted molar refractivity (Wildman–Crippen MR) is 98.6 cm³/mol. The zero-order valence-electron chi connectivity index (χ0n) is 13.8. The third-order valence-electron chi connectivity index (χ3n) is 3.41. The van der Waals surface area contributed by atoms with E-state index in [9.17, 15) is 9.59 Å². The normalized spacial score (nSPS) is 11.2. The van der Waals surface area contributed by atoms with Crippen molar-refractivity contribution in [1.82, 2.24) is 5.43 Å². The van der Waals surface area contributed by atoms with Gasteiger partial charge in [-0.05, 0) is 42.5 Å². The van der Waals surface area contributed by atoms with Gasteiger partial charge in [-0.15, -0.1) is 11.3 Å². The van der Waals surface area contributed by atoms with Gasteiger partial charge < -0.3 is 5.32 Å². The molecule has 2 rings (SSSR count). The van der Waals surface area contributed by atoms with E-state index in [1.54, 1.807) is 6.07 Å². The predicted octanol–water partition coefficient (Wildman–Crippen LogP) is 4.03. The minimum atomic E-state index is -0.119. The smallest absolute Gasteiger partial charge is 0.265 e. The Morgan fingerprint density at radius 1 is 1.17 bits per heavy atom. The highest BCUT2D eigenvalue weighted by atomic mass is 32.1. The standard InChI is InChI=1S/C18H21N3O2S/c1-3-4-7-17(22)21-20-13(2)14-8-10-15(11-9-14)19-18(23)16-6-5-12-24-16/h5-6,8-12H,3-4,7H2,1-2H3,(H,19,23)(H,21,22)/b20-13-. The van der Waals surface area contributed by atoms with Crippen molar-refractivity contribution in [2.45, 2.75) is 33.1 Å². The Labute approximate surface area is 145 Å². The van der Waals surface area contributed by atoms with Gasteiger partial charge in [0, 0.05) is 12.1 Å². The Hall–Kier alpha value is -2.47. The first-order valence-electron chi connectivity index (χ1n) is 7.88. The Kier molecular flexibility index (Phi) is 6.69. The summed E-state index contributed by atoms with van der Waals surface area (Å²) >= 11 is 1.40. The van der Waals surface area contributed by atoms with Gasteiger partial charge >= 0.3 is 0 Å². The van der Waals surface area contributed by atoms with E-state index in [-0.39, 0.29) is 11.8 Å². The number of carbonyl (C=O) groups excluding carboxylic acids is 2. The lowest BCUT2D eigenvalue weighted by molar-refractivity contribution is -0.121. The summed E-state index contributed by atoms with van der Waals surface area (Å²) in [6.45, 7) is 3.87. The molecule has 5 nitrogen and oxygen atoms in total. The van der Waals surface area contributed by atoms with Crippen molar-refractivity contribution < 1.29 is 9.59 Å². The molecule has 1 aromatic heterocycles. The SMILES string of the molecule is CCCCC(=O)N/N=C(/C)c1ccc(NC(=O)c2cccs2)cc1. The maximum Gasteiger partial charge on any atom is 0.265 e. The van der Waals surface area contributed by atoms with Crippen LogP contribution in [0.4, 0.5) is 5.69 Å². The lowest BCUT2D eigenvalue weighted by Gasteiger charge is -2.06. The molecular weight excluding hydrogens is 322 g/mol. The van der Waals surface area contributed by atoms with Crippen LogP contribution >= 0.6 is 11.3 Å². The second-order valence-corrected chi connectivity index (χ2v) is 6.29. The summed E-state index contributed by atoms with van der Waals surface area (Å²) in [4.78, 5) is 24.2. The van der Waals surface area contributed by atoms with Crippen molar-refractivity contribution in [2.24, 2.45) is 5.10 Å². The van der Waals surface area contributed by atoms with Crippen molar-refractivity contribution in [3.63, 3.8) is 0 Å². The van der Waals surface area contributed by atoms with Crippen molar-refractivity contribution in [3.05, 3.63) is 52.2 Å². The highest BCUT2D eigenvalue weighted by molar-refractivity contribution is 7.12. The number of carbonyl (C=O) groups is 2. The van der Waals surface area contributed by atoms with Gasteiger partial charge in [-0.1, -0.05) is 31.5 Å². The van der Waals surface area contributed by atoms with Crippen LogP contribution in [0.5, 0.6) is 0 Å². The second kappa shape index (κ2) is 8.98. The number of nitrogens with one attached hydrogen (secondary N) is 2. The van der Waals surface area contributed by atoms with Crippen molar-refractivity contribution in [2.75, 3.05) is 5.32 Å². The average Bonchev–Trinajstić information content (AvgIpc) is 3.13. The maximum absolute atomic E-state index is 12.0. The number of benzene rings is 1. The summed E-state index contributed by atoms with van der Waals surface area (Å²) in [6, 6.07) is 11.0. The summed E-state index contributed by atoms with van der Waals surface area (Å²) in [5.41, 5.74) is 4.89. The number of unbranched alkanes of at least 4 members (excludes halogenated alkanes) is 1. The molecule has 126 valence electrons. The fourth-order valence-corrected chi connectivity index (χ4v) is 2.62. The van der Waals surface area contributed by atoms with Crippen LogP contribution in [0.15, 0.2) is 46.9 Å². The van der Waals surface area contributed by atoms with Gasteiger partial charge in [-0.25, -0.2) is 5.43 Å². The first kappa shape index (κ1) is 17.9. The van der Waals surface area contributed by atoms with E-state index in [1.165, 1.54) is 11.3 Å². The van der Waals surface area contributed by atoms with Crippen molar-refractivity contribution in [3.8, 4) is 0 Å². The Balaban J connectivity index is 1.93. The van der Waals surface area contributed by atoms with Crippen LogP contribution in [-0.2, 0) is 4.79 Å². The van der Waals surface area contributed by atoms with Gasteiger partial charge in [-0.3, -0.25) is 9.59 Å². The van der Waals surface area contributed by atoms with Crippen molar-refractivity contribution in [1.29, 1.82) is 0 Å². The zero-order chi connectivity index (χ0) is 17.4. The monoisotopic (exact) mass is 343 g/mol. The molecule has 24 heavy (non-hydrogen) atoms. The van der Waals surface area contributed by atoms with Gasteiger partial charge in [0.05, 0.1) is 10.6 Å². The van der Waals surface area contributed by atoms with E-state index in [0.29, 0.717) is 11.3 Å². The molecule has 0 bridgehead atoms. The van der Waals surface area contributed by atoms with Gasteiger partial charge in [0.1, 0.15) is 0 Å². The Morgan fingerprint density at radius 2 is 1.92 bits per heavy atom. The molecule has 2 N–H and O–H groups in total. The Bertz CT molecular complexity index is 706. The number of nitrogens with zero attached hydrogens (tertiary/aromatic N) is 1. The highest BCUT2D eigenvalue weighted by Gasteiger charge is 2.07. The summed E-state index contributed by atoms with van der Waals surface area (Å²) in [6.07, 6.45) is 2.33. The van der Waals surface area contributed by atoms with Gasteiger partial charge in [0.2, 0.25) is 5.91 Å². The molecule has 0 spiro atoms. The fourth-order valence-electron chi connectivity index (χ4n) is 2.00. The molecule has 0 radical (unpaired) electrons. The van der Waals surface area contributed by atoms with E-state index < -0.39 is 0 Å². The molecule has 0 aliphatic heterocycles. The molecule has 6 heteroatoms. The molecule has 0 aliphatic carbocycles. The quantitative estimate of drug-likeness (QED) is 0.588. The molecule has 2 amide bonds. The largest absolute Gasteiger partial charge is 0.321 e. The number of thiophene rings is 1. The van der Waals surface area contributed by atoms with Crippen LogP contribution in [0.25, 0.3) is 0 Å². The van der Waals surface area contributed by atoms with E-state index in [0.717, 1.165) is 29.8 Å². The van der Waals surface area contributed by atoms with Gasteiger partial charge in [-0.2, -0.15) is 5.10 Å². The average molecular weight is 343 g/mol. The topological polar surface area (TPSA) is 70.6 Å². The number of amides is 2. The van der Waals surface area contributed by atoms with Crippen LogP contribution in [0.2, 0.25) is 0 Å². The Morgan fingerprint density at radius 3 is 2.54 bits per heavy atom. The molecule has 0 aliphatic rings. The second-order valence-electron chi connectivity index (χ2n) is 5.34. The molecule has 0 atom stereocenters. The first-order valence-corrected chi connectivity index (χ1v) is 8.76. The number of hydrazone groups is 1. The first-order chi connectivity index (χ1) is 11.6. The van der Waals surface area contributed by atoms with Crippen LogP contribution < -0.4 is 10.7 Å². The molecule has 1 aromatic carbocycles. The molecule has 0 saturated heterocycles. The minimum absolute atomic E-state index is 0.0731. The highest BCUT2D eigenvalue weighted by Crippen LogP contribution is 2.14. The van der Waals surface area contributed by atoms with Crippen LogP contribution in [0.3, 0.4) is 0 Å². The molecule has 0 saturated carbocycles. The summed E-state index contributed by atoms with van der Waals surface area (Å²) in [5, 5.41) is 8.82. The summed E-state index contributed by atoms with van der Waals surface area (Å²) < 4.78 is 0. The fraction of sp³-hybridized carbons (Fsp3) is 0.278. The zero-order valence-corrected chi connectivity index (χ0v) is 14.7. The van der Waals surface area contributed by atoms with Gasteiger partial charge in [0.25, 0.3) is 5.91 Å². The van der Waals surface area contributed by atoms with E-state index in [1.807, 2.05) is 49.6 Å². The molecule has 0 unspecified atom stereocenters. The number of hydrogen-bond acceptors (Lipinski definition) is 4. The minimum Gasteiger partial charge on any atom is -0.321 e. The number of rotatable bonds is 7. The lowest BCUT2D eigenvalue weighted by atomic mass is 10.1. The molecular formula is C18H21N3O2S. The summed E-state index contributed by atoms with van der Waals surface area (Å²) in [5.74, 6) is -0.192. The third kappa shape index (κ3) is 5.31. The van der Waals surface area contributed by atoms with Crippen LogP contribution in [0.1, 0.15) is 48.3 Å². The van der Waals surface area contributed by atoms with Crippen molar-refractivity contribution >= 4 is 34.6 Å². The van der Waals surface area contributed by atoms with E-state index >= 15 is 0 Å². The number of anilines is 1. The lowest BCUT2D eigenvalue weighted by Crippen LogP contribution is -2.18. The molecule has 2 aromatic rings. The number of hydrogen-bond donors (Lipinski definition) is 2. The van der Waals surface area contributed by atoms with Crippen LogP contribution in [-0.4, -0.2) is 17.5 Å². The van der Waals surface area contributed by atoms with E-state index in [4.69, 9.17) is 0 Å². The maximum atomic E-state index is 12.0. The third-order valence-corrected chi connectivity index (χ3v) is 4.28. The molecule has 1 heterocycles. The van der Waals surface area contributed by atoms with Crippen LogP contribution in [0, 0.1) is 0 Å². The van der Waals surface area contributed by atoms with Gasteiger partial charge in [0.15, 0.2) is 0 Å².